The molecule has 0 fully saturated rings. The van der Waals surface area contributed by atoms with E-state index in [2.05, 4.69) is 15.2 Å². The Hall–Kier alpha value is -3.76. The molecule has 0 saturated heterocycles. The summed E-state index contributed by atoms with van der Waals surface area (Å²) in [5.74, 6) is 1.34. The molecule has 3 aromatic carbocycles. The molecule has 0 bridgehead atoms. The summed E-state index contributed by atoms with van der Waals surface area (Å²) in [6.07, 6.45) is 0. The van der Waals surface area contributed by atoms with Crippen LogP contribution in [-0.4, -0.2) is 31.8 Å². The van der Waals surface area contributed by atoms with Gasteiger partial charge in [0.1, 0.15) is 5.75 Å². The molecule has 158 valence electrons. The van der Waals surface area contributed by atoms with E-state index in [1.54, 1.807) is 19.2 Å². The summed E-state index contributed by atoms with van der Waals surface area (Å²) >= 11 is 2.75. The van der Waals surface area contributed by atoms with Crippen LogP contribution >= 0.6 is 23.1 Å². The Bertz CT molecular complexity index is 1430. The number of nitrogens with zero attached hydrogens (tertiary/aromatic N) is 5. The fourth-order valence-corrected chi connectivity index (χ4v) is 5.33. The zero-order valence-corrected chi connectivity index (χ0v) is 18.3. The Morgan fingerprint density at radius 1 is 1.03 bits per heavy atom. The molecule has 0 atom stereocenters. The third kappa shape index (κ3) is 3.70. The SMILES string of the molecule is COc1ccccc1-c1nnc(Sc2nc3ccc([N+](=O)[O-])cc3s2)n1-c1ccccc1. The van der Waals surface area contributed by atoms with Crippen LogP contribution in [0.15, 0.2) is 82.3 Å². The second-order valence-corrected chi connectivity index (χ2v) is 8.91. The van der Waals surface area contributed by atoms with Crippen LogP contribution < -0.4 is 4.74 Å². The van der Waals surface area contributed by atoms with Gasteiger partial charge in [-0.1, -0.05) is 30.3 Å². The fraction of sp³-hybridized carbons (Fsp3) is 0.0455. The van der Waals surface area contributed by atoms with Gasteiger partial charge in [-0.15, -0.1) is 21.5 Å². The molecule has 0 aliphatic heterocycles. The lowest BCUT2D eigenvalue weighted by Crippen LogP contribution is -2.00. The molecule has 5 aromatic rings. The number of para-hydroxylation sites is 2. The summed E-state index contributed by atoms with van der Waals surface area (Å²) in [7, 11) is 1.62. The first-order valence-corrected chi connectivity index (χ1v) is 11.1. The summed E-state index contributed by atoms with van der Waals surface area (Å²) in [5, 5.41) is 20.6. The highest BCUT2D eigenvalue weighted by Crippen LogP contribution is 2.38. The molecule has 0 spiro atoms. The van der Waals surface area contributed by atoms with Crippen molar-refractivity contribution >= 4 is 39.0 Å². The molecule has 2 aromatic heterocycles. The van der Waals surface area contributed by atoms with Crippen molar-refractivity contribution in [1.82, 2.24) is 19.7 Å². The van der Waals surface area contributed by atoms with Crippen LogP contribution in [0.25, 0.3) is 27.3 Å². The number of nitro benzene ring substituents is 1. The summed E-state index contributed by atoms with van der Waals surface area (Å²) in [6.45, 7) is 0. The molecular weight excluding hydrogens is 446 g/mol. The predicted molar refractivity (Wildman–Crippen MR) is 124 cm³/mol. The van der Waals surface area contributed by atoms with Gasteiger partial charge in [0.15, 0.2) is 10.2 Å². The van der Waals surface area contributed by atoms with Crippen LogP contribution in [0.4, 0.5) is 5.69 Å². The lowest BCUT2D eigenvalue weighted by Gasteiger charge is -2.11. The number of rotatable bonds is 6. The van der Waals surface area contributed by atoms with Crippen molar-refractivity contribution in [2.75, 3.05) is 7.11 Å². The first-order chi connectivity index (χ1) is 15.6. The quantitative estimate of drug-likeness (QED) is 0.239. The summed E-state index contributed by atoms with van der Waals surface area (Å²) < 4.78 is 8.96. The van der Waals surface area contributed by atoms with Crippen molar-refractivity contribution in [3.05, 3.63) is 82.9 Å². The highest BCUT2D eigenvalue weighted by Gasteiger charge is 2.21. The van der Waals surface area contributed by atoms with Gasteiger partial charge in [0, 0.05) is 17.8 Å². The third-order valence-corrected chi connectivity index (χ3v) is 6.76. The van der Waals surface area contributed by atoms with Crippen LogP contribution in [0, 0.1) is 10.1 Å². The number of non-ortho nitro benzene ring substituents is 1. The number of hydrogen-bond donors (Lipinski definition) is 0. The van der Waals surface area contributed by atoms with E-state index in [0.717, 1.165) is 20.3 Å². The summed E-state index contributed by atoms with van der Waals surface area (Å²) in [6, 6.07) is 22.1. The van der Waals surface area contributed by atoms with Gasteiger partial charge in [0.25, 0.3) is 5.69 Å². The topological polar surface area (TPSA) is 96.0 Å². The maximum atomic E-state index is 11.1. The minimum absolute atomic E-state index is 0.0450. The maximum absolute atomic E-state index is 11.1. The Kier molecular flexibility index (Phi) is 5.29. The molecule has 32 heavy (non-hydrogen) atoms. The Morgan fingerprint density at radius 2 is 1.81 bits per heavy atom. The first kappa shape index (κ1) is 20.2. The first-order valence-electron chi connectivity index (χ1n) is 9.51. The number of methoxy groups -OCH3 is 1. The van der Waals surface area contributed by atoms with Crippen molar-refractivity contribution in [3.63, 3.8) is 0 Å². The highest BCUT2D eigenvalue weighted by molar-refractivity contribution is 8.01. The second-order valence-electron chi connectivity index (χ2n) is 6.67. The summed E-state index contributed by atoms with van der Waals surface area (Å²) in [4.78, 5) is 15.3. The van der Waals surface area contributed by atoms with Crippen LogP contribution in [0.2, 0.25) is 0 Å². The molecule has 0 aliphatic rings. The number of nitro groups is 1. The molecule has 8 nitrogen and oxygen atoms in total. The van der Waals surface area contributed by atoms with Crippen molar-refractivity contribution in [2.45, 2.75) is 9.50 Å². The Morgan fingerprint density at radius 3 is 2.59 bits per heavy atom. The molecule has 0 amide bonds. The molecule has 0 radical (unpaired) electrons. The van der Waals surface area contributed by atoms with E-state index in [9.17, 15) is 10.1 Å². The summed E-state index contributed by atoms with van der Waals surface area (Å²) in [5.41, 5.74) is 2.47. The average Bonchev–Trinajstić information content (AvgIpc) is 3.42. The third-order valence-electron chi connectivity index (χ3n) is 4.74. The van der Waals surface area contributed by atoms with Gasteiger partial charge in [-0.25, -0.2) is 4.98 Å². The van der Waals surface area contributed by atoms with Crippen molar-refractivity contribution in [2.24, 2.45) is 0 Å². The smallest absolute Gasteiger partial charge is 0.270 e. The van der Waals surface area contributed by atoms with Gasteiger partial charge in [-0.05, 0) is 42.1 Å². The largest absolute Gasteiger partial charge is 0.496 e. The predicted octanol–water partition coefficient (Wildman–Crippen LogP) is 5.61. The van der Waals surface area contributed by atoms with Gasteiger partial charge in [-0.2, -0.15) is 0 Å². The van der Waals surface area contributed by atoms with E-state index in [4.69, 9.17) is 4.74 Å². The lowest BCUT2D eigenvalue weighted by atomic mass is 10.2. The number of benzene rings is 3. The van der Waals surface area contributed by atoms with Crippen LogP contribution in [-0.2, 0) is 0 Å². The van der Waals surface area contributed by atoms with Gasteiger partial charge in [0.2, 0.25) is 5.16 Å². The molecule has 10 heteroatoms. The van der Waals surface area contributed by atoms with E-state index in [-0.39, 0.29) is 5.69 Å². The molecule has 5 rings (SSSR count). The Balaban J connectivity index is 1.61. The fourth-order valence-electron chi connectivity index (χ4n) is 3.28. The van der Waals surface area contributed by atoms with Gasteiger partial charge >= 0.3 is 0 Å². The number of fused-ring (bicyclic) bond motifs is 1. The number of thiazole rings is 1. The minimum Gasteiger partial charge on any atom is -0.496 e. The number of ether oxygens (including phenoxy) is 1. The zero-order chi connectivity index (χ0) is 22.1. The molecule has 0 N–H and O–H groups in total. The van der Waals surface area contributed by atoms with E-state index >= 15 is 0 Å². The van der Waals surface area contributed by atoms with Crippen molar-refractivity contribution < 1.29 is 9.66 Å². The molecule has 0 unspecified atom stereocenters. The Labute approximate surface area is 190 Å². The molecule has 0 aliphatic carbocycles. The zero-order valence-electron chi connectivity index (χ0n) is 16.7. The van der Waals surface area contributed by atoms with Crippen LogP contribution in [0.5, 0.6) is 5.75 Å². The standard InChI is InChI=1S/C22H15N5O3S2/c1-30-18-10-6-5-9-16(18)20-24-25-21(26(20)14-7-3-2-4-8-14)32-22-23-17-12-11-15(27(28)29)13-19(17)31-22/h2-13H,1H3. The van der Waals surface area contributed by atoms with Crippen LogP contribution in [0.1, 0.15) is 0 Å². The second kappa shape index (κ2) is 8.40. The molecular formula is C22H15N5O3S2. The molecule has 2 heterocycles. The number of hydrogen-bond acceptors (Lipinski definition) is 8. The van der Waals surface area contributed by atoms with Crippen molar-refractivity contribution in [1.29, 1.82) is 0 Å². The maximum Gasteiger partial charge on any atom is 0.270 e. The average molecular weight is 462 g/mol. The van der Waals surface area contributed by atoms with Crippen molar-refractivity contribution in [3.8, 4) is 22.8 Å². The normalized spacial score (nSPS) is 11.0. The van der Waals surface area contributed by atoms with E-state index < -0.39 is 4.92 Å². The van der Waals surface area contributed by atoms with E-state index in [1.807, 2.05) is 59.2 Å². The van der Waals surface area contributed by atoms with E-state index in [0.29, 0.717) is 22.2 Å². The van der Waals surface area contributed by atoms with Crippen LogP contribution in [0.3, 0.4) is 0 Å². The van der Waals surface area contributed by atoms with Gasteiger partial charge < -0.3 is 4.74 Å². The monoisotopic (exact) mass is 461 g/mol. The highest BCUT2D eigenvalue weighted by atomic mass is 32.2. The minimum atomic E-state index is -0.405. The lowest BCUT2D eigenvalue weighted by molar-refractivity contribution is -0.384. The molecule has 0 saturated carbocycles. The van der Waals surface area contributed by atoms with Gasteiger partial charge in [0.05, 0.1) is 27.8 Å². The van der Waals surface area contributed by atoms with Gasteiger partial charge in [-0.3, -0.25) is 14.7 Å². The van der Waals surface area contributed by atoms with E-state index in [1.165, 1.54) is 29.2 Å². The number of aromatic nitrogens is 4.